The Labute approximate surface area is 217 Å². The van der Waals surface area contributed by atoms with Crippen LogP contribution in [0.4, 0.5) is 26.3 Å². The fourth-order valence-corrected chi connectivity index (χ4v) is 6.11. The van der Waals surface area contributed by atoms with Crippen molar-refractivity contribution in [3.63, 3.8) is 0 Å². The average molecular weight is 551 g/mol. The van der Waals surface area contributed by atoms with Crippen LogP contribution in [0.2, 0.25) is 0 Å². The van der Waals surface area contributed by atoms with E-state index in [9.17, 15) is 8.78 Å². The summed E-state index contributed by atoms with van der Waals surface area (Å²) >= 11 is 1.96. The highest BCUT2D eigenvalue weighted by molar-refractivity contribution is 7.15. The number of aromatic nitrogens is 2. The third kappa shape index (κ3) is 3.84. The molecule has 0 unspecified atom stereocenters. The molecule has 0 fully saturated rings. The Bertz CT molecular complexity index is 1420. The molecule has 1 aliphatic rings. The van der Waals surface area contributed by atoms with Gasteiger partial charge >= 0.3 is 17.8 Å². The van der Waals surface area contributed by atoms with Crippen molar-refractivity contribution < 1.29 is 26.3 Å². The molecule has 0 spiro atoms. The number of aryl methyl sites for hydroxylation is 4. The van der Waals surface area contributed by atoms with Crippen LogP contribution in [0.15, 0.2) is 48.5 Å². The van der Waals surface area contributed by atoms with Crippen LogP contribution in [-0.2, 0) is 0 Å². The summed E-state index contributed by atoms with van der Waals surface area (Å²) in [6.07, 6.45) is 0. The molecule has 2 nitrogen and oxygen atoms in total. The molecule has 2 aromatic carbocycles. The number of halogens is 6. The van der Waals surface area contributed by atoms with Gasteiger partial charge in [-0.15, -0.1) is 22.7 Å². The van der Waals surface area contributed by atoms with Crippen LogP contribution in [0.3, 0.4) is 0 Å². The van der Waals surface area contributed by atoms with Crippen LogP contribution in [0, 0.1) is 27.7 Å². The third-order valence-corrected chi connectivity index (χ3v) is 8.37. The first kappa shape index (κ1) is 25.7. The molecule has 0 aliphatic heterocycles. The van der Waals surface area contributed by atoms with E-state index in [1.54, 1.807) is 48.5 Å². The topological polar surface area (TPSA) is 25.8 Å². The van der Waals surface area contributed by atoms with Crippen LogP contribution >= 0.6 is 22.7 Å². The minimum absolute atomic E-state index is 0.128. The van der Waals surface area contributed by atoms with E-state index in [2.05, 4.69) is 9.97 Å². The van der Waals surface area contributed by atoms with Crippen molar-refractivity contribution in [2.75, 3.05) is 0 Å². The minimum Gasteiger partial charge on any atom is -0.236 e. The molecular weight excluding hydrogens is 530 g/mol. The summed E-state index contributed by atoms with van der Waals surface area (Å²) in [7, 11) is 0. The van der Waals surface area contributed by atoms with Gasteiger partial charge in [-0.05, 0) is 27.7 Å². The Hall–Kier alpha value is -2.98. The van der Waals surface area contributed by atoms with E-state index >= 15 is 17.6 Å². The molecule has 0 atom stereocenters. The lowest BCUT2D eigenvalue weighted by atomic mass is 10.0. The summed E-state index contributed by atoms with van der Waals surface area (Å²) in [4.78, 5) is 8.63. The number of allylic oxidation sites excluding steroid dienone is 2. The Morgan fingerprint density at radius 1 is 0.541 bits per heavy atom. The summed E-state index contributed by atoms with van der Waals surface area (Å²) < 4.78 is 90.8. The van der Waals surface area contributed by atoms with Crippen molar-refractivity contribution in [3.8, 4) is 21.1 Å². The maximum Gasteiger partial charge on any atom is 0.380 e. The fraction of sp³-hybridized carbons (Fsp3) is 0.259. The number of hydrogen-bond donors (Lipinski definition) is 0. The standard InChI is InChI=1S/C27H20F6N2S2/c1-13-5-9-17(10-6-13)23-34-21(15(3)36-23)19-20(26(30,31)27(32,33)25(19,28)29)22-16(4)37-24(35-22)18-11-7-14(2)8-12-18/h5-12H,1-4H3. The molecule has 2 heterocycles. The first-order valence-electron chi connectivity index (χ1n) is 11.2. The first-order chi connectivity index (χ1) is 17.3. The number of rotatable bonds is 4. The van der Waals surface area contributed by atoms with Gasteiger partial charge in [-0.1, -0.05) is 59.7 Å². The smallest absolute Gasteiger partial charge is 0.236 e. The quantitative estimate of drug-likeness (QED) is 0.237. The van der Waals surface area contributed by atoms with E-state index in [0.717, 1.165) is 33.8 Å². The van der Waals surface area contributed by atoms with Crippen LogP contribution in [0.1, 0.15) is 32.3 Å². The third-order valence-electron chi connectivity index (χ3n) is 6.33. The van der Waals surface area contributed by atoms with Crippen molar-refractivity contribution in [1.29, 1.82) is 0 Å². The fourth-order valence-electron chi connectivity index (χ4n) is 4.26. The minimum atomic E-state index is -5.66. The maximum absolute atomic E-state index is 15.3. The van der Waals surface area contributed by atoms with E-state index in [-0.39, 0.29) is 19.8 Å². The van der Waals surface area contributed by atoms with Crippen LogP contribution in [-0.4, -0.2) is 27.7 Å². The molecule has 0 bridgehead atoms. The zero-order chi connectivity index (χ0) is 26.9. The molecule has 0 N–H and O–H groups in total. The van der Waals surface area contributed by atoms with Crippen LogP contribution in [0.25, 0.3) is 32.3 Å². The van der Waals surface area contributed by atoms with E-state index in [4.69, 9.17) is 0 Å². The zero-order valence-electron chi connectivity index (χ0n) is 20.1. The highest BCUT2D eigenvalue weighted by atomic mass is 32.1. The molecule has 0 saturated heterocycles. The second-order valence-electron chi connectivity index (χ2n) is 9.05. The van der Waals surface area contributed by atoms with Gasteiger partial charge in [0, 0.05) is 20.9 Å². The van der Waals surface area contributed by atoms with Crippen molar-refractivity contribution >= 4 is 33.8 Å². The molecule has 1 aliphatic carbocycles. The Morgan fingerprint density at radius 2 is 0.865 bits per heavy atom. The highest BCUT2D eigenvalue weighted by Gasteiger charge is 2.81. The lowest BCUT2D eigenvalue weighted by Gasteiger charge is -2.25. The van der Waals surface area contributed by atoms with Gasteiger partial charge in [0.15, 0.2) is 0 Å². The monoisotopic (exact) mass is 550 g/mol. The van der Waals surface area contributed by atoms with E-state index < -0.39 is 40.3 Å². The SMILES string of the molecule is Cc1ccc(-c2nc(C3=C(c4nc(-c5ccc(C)cc5)sc4C)C(F)(F)C(F)(F)C3(F)F)c(C)s2)cc1. The van der Waals surface area contributed by atoms with E-state index in [0.29, 0.717) is 11.1 Å². The average Bonchev–Trinajstić information content (AvgIpc) is 3.42. The molecule has 0 saturated carbocycles. The highest BCUT2D eigenvalue weighted by Crippen LogP contribution is 2.65. The predicted octanol–water partition coefficient (Wildman–Crippen LogP) is 9.00. The first-order valence-corrected chi connectivity index (χ1v) is 12.9. The van der Waals surface area contributed by atoms with Gasteiger partial charge in [-0.3, -0.25) is 0 Å². The Kier molecular flexibility index (Phi) is 5.91. The summed E-state index contributed by atoms with van der Waals surface area (Å²) in [5.74, 6) is -16.0. The Balaban J connectivity index is 1.76. The normalized spacial score (nSPS) is 18.0. The van der Waals surface area contributed by atoms with Crippen LogP contribution < -0.4 is 0 Å². The largest absolute Gasteiger partial charge is 0.380 e. The van der Waals surface area contributed by atoms with Gasteiger partial charge in [0.1, 0.15) is 10.0 Å². The summed E-state index contributed by atoms with van der Waals surface area (Å²) in [5, 5.41) is 0.535. The molecule has 192 valence electrons. The van der Waals surface area contributed by atoms with Crippen LogP contribution in [0.5, 0.6) is 0 Å². The van der Waals surface area contributed by atoms with Gasteiger partial charge in [0.2, 0.25) is 0 Å². The Morgan fingerprint density at radius 3 is 1.19 bits per heavy atom. The molecule has 37 heavy (non-hydrogen) atoms. The number of nitrogens with zero attached hydrogens (tertiary/aromatic N) is 2. The van der Waals surface area contributed by atoms with Crippen molar-refractivity contribution in [1.82, 2.24) is 9.97 Å². The second kappa shape index (κ2) is 8.52. The second-order valence-corrected chi connectivity index (χ2v) is 11.5. The number of hydrogen-bond acceptors (Lipinski definition) is 4. The molecule has 2 aromatic heterocycles. The number of thiazole rings is 2. The summed E-state index contributed by atoms with van der Waals surface area (Å²) in [6.45, 7) is 6.55. The lowest BCUT2D eigenvalue weighted by Crippen LogP contribution is -2.49. The number of alkyl halides is 6. The van der Waals surface area contributed by atoms with Gasteiger partial charge in [0.05, 0.1) is 22.5 Å². The molecule has 10 heteroatoms. The molecule has 4 aromatic rings. The van der Waals surface area contributed by atoms with Crippen molar-refractivity contribution in [3.05, 3.63) is 80.8 Å². The molecule has 0 amide bonds. The number of benzene rings is 2. The summed E-state index contributed by atoms with van der Waals surface area (Å²) in [6, 6.07) is 14.0. The van der Waals surface area contributed by atoms with E-state index in [1.807, 2.05) is 13.8 Å². The van der Waals surface area contributed by atoms with Crippen molar-refractivity contribution in [2.24, 2.45) is 0 Å². The molecular formula is C27H20F6N2S2. The van der Waals surface area contributed by atoms with E-state index in [1.165, 1.54) is 13.8 Å². The van der Waals surface area contributed by atoms with Gasteiger partial charge < -0.3 is 0 Å². The van der Waals surface area contributed by atoms with Gasteiger partial charge in [-0.25, -0.2) is 9.97 Å². The summed E-state index contributed by atoms with van der Waals surface area (Å²) in [5.41, 5.74) is -1.04. The van der Waals surface area contributed by atoms with Crippen molar-refractivity contribution in [2.45, 2.75) is 45.5 Å². The van der Waals surface area contributed by atoms with Gasteiger partial charge in [0.25, 0.3) is 0 Å². The van der Waals surface area contributed by atoms with Gasteiger partial charge in [-0.2, -0.15) is 26.3 Å². The molecule has 5 rings (SSSR count). The maximum atomic E-state index is 15.3. The molecule has 0 radical (unpaired) electrons. The lowest BCUT2D eigenvalue weighted by molar-refractivity contribution is -0.254. The predicted molar refractivity (Wildman–Crippen MR) is 136 cm³/mol. The zero-order valence-corrected chi connectivity index (χ0v) is 21.7.